The Kier molecular flexibility index (Phi) is 5.66. The van der Waals surface area contributed by atoms with Crippen molar-refractivity contribution < 1.29 is 9.18 Å². The molecule has 0 atom stereocenters. The molecule has 4 nitrogen and oxygen atoms in total. The number of nitrogens with zero attached hydrogens (tertiary/aromatic N) is 2. The Bertz CT molecular complexity index is 726. The van der Waals surface area contributed by atoms with Gasteiger partial charge in [-0.05, 0) is 36.8 Å². The van der Waals surface area contributed by atoms with Crippen LogP contribution in [0.4, 0.5) is 10.1 Å². The molecule has 1 saturated heterocycles. The van der Waals surface area contributed by atoms with Crippen molar-refractivity contribution in [2.75, 3.05) is 44.2 Å². The van der Waals surface area contributed by atoms with E-state index in [9.17, 15) is 9.18 Å². The number of carbonyl (C=O) groups is 1. The molecule has 132 valence electrons. The summed E-state index contributed by atoms with van der Waals surface area (Å²) >= 11 is 0. The number of carbonyl (C=O) groups excluding carboxylic acids is 1. The fraction of sp³-hybridized carbons (Fsp3) is 0.350. The molecule has 1 amide bonds. The zero-order chi connectivity index (χ0) is 17.6. The van der Waals surface area contributed by atoms with Crippen LogP contribution in [0.5, 0.6) is 0 Å². The molecule has 1 N–H and O–H groups in total. The summed E-state index contributed by atoms with van der Waals surface area (Å²) in [6.45, 7) is 7.29. The van der Waals surface area contributed by atoms with Crippen molar-refractivity contribution in [1.29, 1.82) is 0 Å². The highest BCUT2D eigenvalue weighted by Gasteiger charge is 2.17. The average molecular weight is 341 g/mol. The van der Waals surface area contributed by atoms with Crippen LogP contribution in [0.25, 0.3) is 0 Å². The number of halogens is 1. The van der Waals surface area contributed by atoms with E-state index in [0.29, 0.717) is 6.54 Å². The van der Waals surface area contributed by atoms with Gasteiger partial charge in [-0.15, -0.1) is 0 Å². The molecule has 1 heterocycles. The molecule has 25 heavy (non-hydrogen) atoms. The van der Waals surface area contributed by atoms with Gasteiger partial charge in [0.05, 0.1) is 5.56 Å². The van der Waals surface area contributed by atoms with E-state index in [0.717, 1.165) is 32.7 Å². The van der Waals surface area contributed by atoms with Crippen LogP contribution < -0.4 is 10.2 Å². The lowest BCUT2D eigenvalue weighted by Gasteiger charge is -2.36. The number of nitrogens with one attached hydrogen (secondary N) is 1. The van der Waals surface area contributed by atoms with Gasteiger partial charge >= 0.3 is 0 Å². The number of benzene rings is 2. The number of anilines is 1. The standard InChI is InChI=1S/C20H24FN3O/c1-16-5-4-6-17(15-16)24-13-11-23(12-14-24)10-9-22-20(25)18-7-2-3-8-19(18)21/h2-8,15H,9-14H2,1H3,(H,22,25). The number of hydrogen-bond acceptors (Lipinski definition) is 3. The van der Waals surface area contributed by atoms with Gasteiger partial charge in [-0.25, -0.2) is 4.39 Å². The van der Waals surface area contributed by atoms with Crippen molar-refractivity contribution in [1.82, 2.24) is 10.2 Å². The van der Waals surface area contributed by atoms with Gasteiger partial charge in [0.1, 0.15) is 5.82 Å². The first-order chi connectivity index (χ1) is 12.1. The second-order valence-corrected chi connectivity index (χ2v) is 6.40. The van der Waals surface area contributed by atoms with Crippen LogP contribution in [0, 0.1) is 12.7 Å². The first kappa shape index (κ1) is 17.4. The molecule has 0 bridgehead atoms. The second kappa shape index (κ2) is 8.12. The molecule has 1 aliphatic heterocycles. The maximum Gasteiger partial charge on any atom is 0.254 e. The molecule has 0 aromatic heterocycles. The van der Waals surface area contributed by atoms with E-state index in [1.54, 1.807) is 12.1 Å². The predicted molar refractivity (Wildman–Crippen MR) is 98.6 cm³/mol. The van der Waals surface area contributed by atoms with Crippen molar-refractivity contribution in [2.24, 2.45) is 0 Å². The Morgan fingerprint density at radius 2 is 1.84 bits per heavy atom. The zero-order valence-electron chi connectivity index (χ0n) is 14.5. The molecule has 5 heteroatoms. The number of piperazine rings is 1. The third-order valence-corrected chi connectivity index (χ3v) is 4.57. The number of amides is 1. The largest absolute Gasteiger partial charge is 0.369 e. The lowest BCUT2D eigenvalue weighted by molar-refractivity contribution is 0.0944. The van der Waals surface area contributed by atoms with Crippen molar-refractivity contribution >= 4 is 11.6 Å². The number of rotatable bonds is 5. The highest BCUT2D eigenvalue weighted by Crippen LogP contribution is 2.17. The molecule has 1 fully saturated rings. The quantitative estimate of drug-likeness (QED) is 0.908. The van der Waals surface area contributed by atoms with Crippen LogP contribution in [0.15, 0.2) is 48.5 Å². The fourth-order valence-electron chi connectivity index (χ4n) is 3.12. The maximum absolute atomic E-state index is 13.6. The third kappa shape index (κ3) is 4.57. The van der Waals surface area contributed by atoms with Gasteiger partial charge in [-0.3, -0.25) is 9.69 Å². The van der Waals surface area contributed by atoms with Gasteiger partial charge in [0.25, 0.3) is 5.91 Å². The van der Waals surface area contributed by atoms with E-state index in [4.69, 9.17) is 0 Å². The highest BCUT2D eigenvalue weighted by atomic mass is 19.1. The van der Waals surface area contributed by atoms with Crippen LogP contribution in [0.3, 0.4) is 0 Å². The van der Waals surface area contributed by atoms with Crippen LogP contribution in [-0.2, 0) is 0 Å². The normalized spacial score (nSPS) is 15.2. The lowest BCUT2D eigenvalue weighted by Crippen LogP contribution is -2.48. The molecular formula is C20H24FN3O. The minimum Gasteiger partial charge on any atom is -0.369 e. The van der Waals surface area contributed by atoms with E-state index in [2.05, 4.69) is 46.3 Å². The first-order valence-electron chi connectivity index (χ1n) is 8.70. The highest BCUT2D eigenvalue weighted by molar-refractivity contribution is 5.94. The summed E-state index contributed by atoms with van der Waals surface area (Å²) in [5.74, 6) is -0.830. The van der Waals surface area contributed by atoms with E-state index in [1.807, 2.05) is 0 Å². The first-order valence-corrected chi connectivity index (χ1v) is 8.70. The molecule has 0 spiro atoms. The molecular weight excluding hydrogens is 317 g/mol. The van der Waals surface area contributed by atoms with E-state index < -0.39 is 5.82 Å². The summed E-state index contributed by atoms with van der Waals surface area (Å²) in [6.07, 6.45) is 0. The van der Waals surface area contributed by atoms with Crippen molar-refractivity contribution in [3.05, 3.63) is 65.5 Å². The van der Waals surface area contributed by atoms with Gasteiger partial charge < -0.3 is 10.2 Å². The molecule has 0 saturated carbocycles. The van der Waals surface area contributed by atoms with Gasteiger partial charge in [0.15, 0.2) is 0 Å². The predicted octanol–water partition coefficient (Wildman–Crippen LogP) is 2.69. The van der Waals surface area contributed by atoms with Gasteiger partial charge in [0.2, 0.25) is 0 Å². The Hall–Kier alpha value is -2.40. The second-order valence-electron chi connectivity index (χ2n) is 6.40. The molecule has 0 radical (unpaired) electrons. The summed E-state index contributed by atoms with van der Waals surface area (Å²) in [6, 6.07) is 14.6. The molecule has 1 aliphatic rings. The van der Waals surface area contributed by atoms with Crippen molar-refractivity contribution in [3.8, 4) is 0 Å². The lowest BCUT2D eigenvalue weighted by atomic mass is 10.2. The summed E-state index contributed by atoms with van der Waals surface area (Å²) in [4.78, 5) is 16.7. The van der Waals surface area contributed by atoms with Crippen LogP contribution in [0.1, 0.15) is 15.9 Å². The Morgan fingerprint density at radius 1 is 1.08 bits per heavy atom. The maximum atomic E-state index is 13.6. The summed E-state index contributed by atoms with van der Waals surface area (Å²) in [5.41, 5.74) is 2.65. The molecule has 2 aromatic rings. The topological polar surface area (TPSA) is 35.6 Å². The molecule has 2 aromatic carbocycles. The zero-order valence-corrected chi connectivity index (χ0v) is 14.5. The fourth-order valence-corrected chi connectivity index (χ4v) is 3.12. The van der Waals surface area contributed by atoms with Crippen molar-refractivity contribution in [3.63, 3.8) is 0 Å². The average Bonchev–Trinajstić information content (AvgIpc) is 2.62. The monoisotopic (exact) mass is 341 g/mol. The Balaban J connectivity index is 1.42. The smallest absolute Gasteiger partial charge is 0.254 e. The Morgan fingerprint density at radius 3 is 2.56 bits per heavy atom. The SMILES string of the molecule is Cc1cccc(N2CCN(CCNC(=O)c3ccccc3F)CC2)c1. The van der Waals surface area contributed by atoms with Crippen LogP contribution >= 0.6 is 0 Å². The van der Waals surface area contributed by atoms with Gasteiger partial charge in [-0.2, -0.15) is 0 Å². The van der Waals surface area contributed by atoms with Crippen molar-refractivity contribution in [2.45, 2.75) is 6.92 Å². The Labute approximate surface area is 148 Å². The van der Waals surface area contributed by atoms with E-state index in [1.165, 1.54) is 23.4 Å². The molecule has 3 rings (SSSR count). The summed E-state index contributed by atoms with van der Waals surface area (Å²) < 4.78 is 13.6. The van der Waals surface area contributed by atoms with Crippen LogP contribution in [-0.4, -0.2) is 50.1 Å². The third-order valence-electron chi connectivity index (χ3n) is 4.57. The summed E-state index contributed by atoms with van der Waals surface area (Å²) in [5, 5.41) is 2.80. The number of aryl methyl sites for hydroxylation is 1. The minimum absolute atomic E-state index is 0.103. The minimum atomic E-state index is -0.480. The molecule has 0 aliphatic carbocycles. The number of hydrogen-bond donors (Lipinski definition) is 1. The van der Waals surface area contributed by atoms with Gasteiger partial charge in [-0.1, -0.05) is 24.3 Å². The van der Waals surface area contributed by atoms with Crippen LogP contribution in [0.2, 0.25) is 0 Å². The molecule has 0 unspecified atom stereocenters. The van der Waals surface area contributed by atoms with Gasteiger partial charge in [0, 0.05) is 45.0 Å². The van der Waals surface area contributed by atoms with E-state index in [-0.39, 0.29) is 11.5 Å². The summed E-state index contributed by atoms with van der Waals surface area (Å²) in [7, 11) is 0. The van der Waals surface area contributed by atoms with E-state index >= 15 is 0 Å².